The van der Waals surface area contributed by atoms with Crippen molar-refractivity contribution in [2.75, 3.05) is 20.3 Å². The van der Waals surface area contributed by atoms with E-state index in [1.54, 1.807) is 7.11 Å². The van der Waals surface area contributed by atoms with Gasteiger partial charge in [-0.2, -0.15) is 0 Å². The first-order valence-corrected chi connectivity index (χ1v) is 6.32. The van der Waals surface area contributed by atoms with E-state index in [2.05, 4.69) is 25.2 Å². The molecule has 0 saturated carbocycles. The first kappa shape index (κ1) is 15.0. The fraction of sp³-hybridized carbons (Fsp3) is 0.571. The molecule has 1 atom stereocenters. The smallest absolute Gasteiger partial charge is 0.122 e. The van der Waals surface area contributed by atoms with E-state index in [1.165, 1.54) is 11.1 Å². The lowest BCUT2D eigenvalue weighted by atomic mass is 9.99. The average molecular weight is 252 g/mol. The second kappa shape index (κ2) is 7.36. The van der Waals surface area contributed by atoms with Gasteiger partial charge in [-0.1, -0.05) is 26.0 Å². The minimum Gasteiger partial charge on any atom is -0.496 e. The molecular weight excluding hydrogens is 228 g/mol. The van der Waals surface area contributed by atoms with Crippen LogP contribution in [0.2, 0.25) is 0 Å². The fourth-order valence-corrected chi connectivity index (χ4v) is 1.81. The number of nitrogens with one attached hydrogen (secondary N) is 1. The lowest BCUT2D eigenvalue weighted by Crippen LogP contribution is -2.36. The molecular formula is C14H24N2O2. The molecule has 0 heterocycles. The molecule has 4 heteroatoms. The summed E-state index contributed by atoms with van der Waals surface area (Å²) < 4.78 is 5.35. The third-order valence-electron chi connectivity index (χ3n) is 2.89. The summed E-state index contributed by atoms with van der Waals surface area (Å²) >= 11 is 0. The number of rotatable bonds is 7. The van der Waals surface area contributed by atoms with Crippen molar-refractivity contribution in [3.8, 4) is 5.75 Å². The van der Waals surface area contributed by atoms with Crippen molar-refractivity contribution in [2.45, 2.75) is 32.4 Å². The molecule has 0 bridgehead atoms. The number of nitrogens with two attached hydrogens (primary N) is 1. The molecule has 0 fully saturated rings. The molecule has 0 radical (unpaired) electrons. The van der Waals surface area contributed by atoms with Gasteiger partial charge in [0.25, 0.3) is 0 Å². The summed E-state index contributed by atoms with van der Waals surface area (Å²) in [6.07, 6.45) is 0. The lowest BCUT2D eigenvalue weighted by Gasteiger charge is -2.14. The predicted molar refractivity (Wildman–Crippen MR) is 73.9 cm³/mol. The summed E-state index contributed by atoms with van der Waals surface area (Å²) in [5.74, 6) is 1.36. The second-order valence-electron chi connectivity index (χ2n) is 4.80. The van der Waals surface area contributed by atoms with E-state index in [-0.39, 0.29) is 12.6 Å². The van der Waals surface area contributed by atoms with Gasteiger partial charge in [0, 0.05) is 19.1 Å². The Balaban J connectivity index is 2.64. The summed E-state index contributed by atoms with van der Waals surface area (Å²) in [7, 11) is 1.69. The highest BCUT2D eigenvalue weighted by atomic mass is 16.5. The van der Waals surface area contributed by atoms with Crippen LogP contribution in [-0.2, 0) is 6.54 Å². The van der Waals surface area contributed by atoms with Crippen LogP contribution in [0.3, 0.4) is 0 Å². The molecule has 4 N–H and O–H groups in total. The number of benzene rings is 1. The molecule has 0 aliphatic rings. The molecule has 1 aromatic carbocycles. The van der Waals surface area contributed by atoms with Crippen LogP contribution in [0.25, 0.3) is 0 Å². The molecule has 0 amide bonds. The monoisotopic (exact) mass is 252 g/mol. The van der Waals surface area contributed by atoms with E-state index in [4.69, 9.17) is 15.6 Å². The largest absolute Gasteiger partial charge is 0.496 e. The van der Waals surface area contributed by atoms with Gasteiger partial charge in [-0.05, 0) is 23.1 Å². The van der Waals surface area contributed by atoms with Crippen LogP contribution in [0.4, 0.5) is 0 Å². The van der Waals surface area contributed by atoms with Gasteiger partial charge in [0.2, 0.25) is 0 Å². The van der Waals surface area contributed by atoms with Gasteiger partial charge >= 0.3 is 0 Å². The van der Waals surface area contributed by atoms with Crippen molar-refractivity contribution in [3.05, 3.63) is 29.3 Å². The number of hydrogen-bond acceptors (Lipinski definition) is 4. The van der Waals surface area contributed by atoms with E-state index >= 15 is 0 Å². The Morgan fingerprint density at radius 1 is 1.39 bits per heavy atom. The summed E-state index contributed by atoms with van der Waals surface area (Å²) in [5, 5.41) is 12.1. The van der Waals surface area contributed by atoms with Crippen molar-refractivity contribution in [1.29, 1.82) is 0 Å². The third kappa shape index (κ3) is 4.29. The average Bonchev–Trinajstić information content (AvgIpc) is 2.38. The van der Waals surface area contributed by atoms with Crippen LogP contribution in [0.15, 0.2) is 18.2 Å². The second-order valence-corrected chi connectivity index (χ2v) is 4.80. The molecule has 4 nitrogen and oxygen atoms in total. The maximum absolute atomic E-state index is 8.84. The SMILES string of the molecule is COc1ccc(CNCC(N)CO)cc1C(C)C. The zero-order chi connectivity index (χ0) is 13.5. The summed E-state index contributed by atoms with van der Waals surface area (Å²) in [6, 6.07) is 5.99. The van der Waals surface area contributed by atoms with Crippen molar-refractivity contribution < 1.29 is 9.84 Å². The molecule has 18 heavy (non-hydrogen) atoms. The predicted octanol–water partition coefficient (Wildman–Crippen LogP) is 1.23. The van der Waals surface area contributed by atoms with Gasteiger partial charge in [-0.25, -0.2) is 0 Å². The lowest BCUT2D eigenvalue weighted by molar-refractivity contribution is 0.262. The molecule has 0 aromatic heterocycles. The maximum atomic E-state index is 8.84. The summed E-state index contributed by atoms with van der Waals surface area (Å²) in [4.78, 5) is 0. The number of hydrogen-bond donors (Lipinski definition) is 3. The highest BCUT2D eigenvalue weighted by molar-refractivity contribution is 5.39. The molecule has 102 valence electrons. The summed E-state index contributed by atoms with van der Waals surface area (Å²) in [5.41, 5.74) is 8.04. The van der Waals surface area contributed by atoms with Crippen LogP contribution in [0.1, 0.15) is 30.9 Å². The molecule has 0 spiro atoms. The quantitative estimate of drug-likeness (QED) is 0.683. The van der Waals surface area contributed by atoms with Gasteiger partial charge < -0.3 is 20.9 Å². The normalized spacial score (nSPS) is 12.8. The zero-order valence-electron chi connectivity index (χ0n) is 11.4. The van der Waals surface area contributed by atoms with Gasteiger partial charge in [0.1, 0.15) is 5.75 Å². The Hall–Kier alpha value is -1.10. The van der Waals surface area contributed by atoms with Gasteiger partial charge in [0.15, 0.2) is 0 Å². The Morgan fingerprint density at radius 2 is 2.11 bits per heavy atom. The Kier molecular flexibility index (Phi) is 6.12. The molecule has 0 aliphatic carbocycles. The Bertz CT molecular complexity index is 367. The van der Waals surface area contributed by atoms with Crippen molar-refractivity contribution in [1.82, 2.24) is 5.32 Å². The minimum absolute atomic E-state index is 0.00680. The topological polar surface area (TPSA) is 67.5 Å². The minimum atomic E-state index is -0.201. The Morgan fingerprint density at radius 3 is 2.67 bits per heavy atom. The van der Waals surface area contributed by atoms with Crippen LogP contribution in [0, 0.1) is 0 Å². The highest BCUT2D eigenvalue weighted by Crippen LogP contribution is 2.27. The van der Waals surface area contributed by atoms with E-state index in [0.717, 1.165) is 12.3 Å². The van der Waals surface area contributed by atoms with Gasteiger partial charge in [-0.15, -0.1) is 0 Å². The molecule has 1 unspecified atom stereocenters. The molecule has 1 rings (SSSR count). The van der Waals surface area contributed by atoms with Crippen LogP contribution >= 0.6 is 0 Å². The number of ether oxygens (including phenoxy) is 1. The van der Waals surface area contributed by atoms with Crippen molar-refractivity contribution in [2.24, 2.45) is 5.73 Å². The van der Waals surface area contributed by atoms with E-state index in [0.29, 0.717) is 12.5 Å². The van der Waals surface area contributed by atoms with Gasteiger partial charge in [0.05, 0.1) is 13.7 Å². The number of aliphatic hydroxyl groups excluding tert-OH is 1. The van der Waals surface area contributed by atoms with E-state index in [9.17, 15) is 0 Å². The van der Waals surface area contributed by atoms with Crippen molar-refractivity contribution in [3.63, 3.8) is 0 Å². The standard InChI is InChI=1S/C14H24N2O2/c1-10(2)13-6-11(4-5-14(13)18-3)7-16-8-12(15)9-17/h4-6,10,12,16-17H,7-9,15H2,1-3H3. The van der Waals surface area contributed by atoms with Gasteiger partial charge in [-0.3, -0.25) is 0 Å². The van der Waals surface area contributed by atoms with Crippen LogP contribution in [-0.4, -0.2) is 31.4 Å². The fourth-order valence-electron chi connectivity index (χ4n) is 1.81. The first-order valence-electron chi connectivity index (χ1n) is 6.32. The molecule has 0 aliphatic heterocycles. The van der Waals surface area contributed by atoms with Crippen molar-refractivity contribution >= 4 is 0 Å². The summed E-state index contributed by atoms with van der Waals surface area (Å²) in [6.45, 7) is 5.66. The Labute approximate surface area is 109 Å². The first-order chi connectivity index (χ1) is 8.58. The van der Waals surface area contributed by atoms with Crippen LogP contribution in [0.5, 0.6) is 5.75 Å². The number of aliphatic hydroxyl groups is 1. The maximum Gasteiger partial charge on any atom is 0.122 e. The molecule has 1 aromatic rings. The number of methoxy groups -OCH3 is 1. The zero-order valence-corrected chi connectivity index (χ0v) is 11.4. The van der Waals surface area contributed by atoms with Crippen LogP contribution < -0.4 is 15.8 Å². The third-order valence-corrected chi connectivity index (χ3v) is 2.89. The molecule has 0 saturated heterocycles. The van der Waals surface area contributed by atoms with E-state index in [1.807, 2.05) is 12.1 Å². The van der Waals surface area contributed by atoms with E-state index < -0.39 is 0 Å². The highest BCUT2D eigenvalue weighted by Gasteiger charge is 2.08.